The van der Waals surface area contributed by atoms with E-state index in [1.165, 1.54) is 0 Å². The third kappa shape index (κ3) is 4.96. The van der Waals surface area contributed by atoms with E-state index in [0.29, 0.717) is 33.2 Å². The molecule has 0 aliphatic heterocycles. The number of hydrogen-bond acceptors (Lipinski definition) is 4. The van der Waals surface area contributed by atoms with Crippen LogP contribution in [0, 0.1) is 11.3 Å². The Bertz CT molecular complexity index is 920. The Morgan fingerprint density at radius 1 is 1.24 bits per heavy atom. The Balaban J connectivity index is 2.60. The molecule has 4 nitrogen and oxygen atoms in total. The van der Waals surface area contributed by atoms with Crippen molar-refractivity contribution < 1.29 is 12.6 Å². The molecule has 0 saturated heterocycles. The van der Waals surface area contributed by atoms with Gasteiger partial charge in [-0.3, -0.25) is 4.18 Å². The number of nitriles is 1. The number of halogens is 2. The number of nitrogens with zero attached hydrogens (tertiary/aromatic N) is 1. The summed E-state index contributed by atoms with van der Waals surface area (Å²) in [6.07, 6.45) is 1.66. The largest absolute Gasteiger partial charge is 0.270 e. The first-order valence-electron chi connectivity index (χ1n) is 7.59. The zero-order valence-electron chi connectivity index (χ0n) is 13.8. The monoisotopic (exact) mass is 397 g/mol. The lowest BCUT2D eigenvalue weighted by Crippen LogP contribution is -2.13. The number of hydrogen-bond donors (Lipinski definition) is 0. The molecular formula is C18H17Cl2NO3S. The predicted octanol–water partition coefficient (Wildman–Crippen LogP) is 5.00. The molecule has 0 saturated carbocycles. The van der Waals surface area contributed by atoms with E-state index in [2.05, 4.69) is 6.07 Å². The van der Waals surface area contributed by atoms with Crippen molar-refractivity contribution in [3.8, 4) is 17.2 Å². The SMILES string of the molecule is CCC(COS(C)(=O)=O)c1cccc(C#N)c1-c1ccc(Cl)cc1Cl. The average Bonchev–Trinajstić information content (AvgIpc) is 2.54. The molecule has 0 aliphatic carbocycles. The Morgan fingerprint density at radius 3 is 2.52 bits per heavy atom. The van der Waals surface area contributed by atoms with Crippen LogP contribution in [0.3, 0.4) is 0 Å². The van der Waals surface area contributed by atoms with Gasteiger partial charge in [-0.25, -0.2) is 0 Å². The fourth-order valence-corrected chi connectivity index (χ4v) is 3.54. The zero-order valence-corrected chi connectivity index (χ0v) is 16.1. The van der Waals surface area contributed by atoms with Crippen LogP contribution in [0.25, 0.3) is 11.1 Å². The van der Waals surface area contributed by atoms with Crippen molar-refractivity contribution in [1.29, 1.82) is 5.26 Å². The van der Waals surface area contributed by atoms with Crippen molar-refractivity contribution in [2.45, 2.75) is 19.3 Å². The lowest BCUT2D eigenvalue weighted by Gasteiger charge is -2.20. The lowest BCUT2D eigenvalue weighted by molar-refractivity contribution is 0.291. The molecule has 132 valence electrons. The van der Waals surface area contributed by atoms with Crippen LogP contribution in [-0.2, 0) is 14.3 Å². The van der Waals surface area contributed by atoms with Crippen LogP contribution in [0.5, 0.6) is 0 Å². The van der Waals surface area contributed by atoms with Gasteiger partial charge in [-0.2, -0.15) is 13.7 Å². The van der Waals surface area contributed by atoms with E-state index in [4.69, 9.17) is 27.4 Å². The number of benzene rings is 2. The summed E-state index contributed by atoms with van der Waals surface area (Å²) in [4.78, 5) is 0. The molecule has 0 heterocycles. The quantitative estimate of drug-likeness (QED) is 0.642. The van der Waals surface area contributed by atoms with Gasteiger partial charge < -0.3 is 0 Å². The van der Waals surface area contributed by atoms with Crippen molar-refractivity contribution in [2.24, 2.45) is 0 Å². The Kier molecular flexibility index (Phi) is 6.47. The summed E-state index contributed by atoms with van der Waals surface area (Å²) in [7, 11) is -3.55. The molecule has 0 N–H and O–H groups in total. The van der Waals surface area contributed by atoms with E-state index < -0.39 is 10.1 Å². The van der Waals surface area contributed by atoms with Crippen molar-refractivity contribution >= 4 is 33.3 Å². The van der Waals surface area contributed by atoms with Gasteiger partial charge in [0.25, 0.3) is 10.1 Å². The van der Waals surface area contributed by atoms with Gasteiger partial charge in [-0.1, -0.05) is 48.3 Å². The standard InChI is InChI=1S/C18H17Cl2NO3S/c1-3-12(11-24-25(2,22)23)15-6-4-5-13(10-21)18(15)16-8-7-14(19)9-17(16)20/h4-9,12H,3,11H2,1-2H3. The van der Waals surface area contributed by atoms with Crippen LogP contribution in [0.15, 0.2) is 36.4 Å². The first-order valence-corrected chi connectivity index (χ1v) is 10.2. The normalized spacial score (nSPS) is 12.6. The van der Waals surface area contributed by atoms with Crippen LogP contribution in [0.1, 0.15) is 30.4 Å². The van der Waals surface area contributed by atoms with E-state index in [1.807, 2.05) is 13.0 Å². The highest BCUT2D eigenvalue weighted by Gasteiger charge is 2.21. The maximum absolute atomic E-state index is 11.3. The molecule has 2 aromatic rings. The minimum atomic E-state index is -3.55. The highest BCUT2D eigenvalue weighted by molar-refractivity contribution is 7.85. The summed E-state index contributed by atoms with van der Waals surface area (Å²) < 4.78 is 27.7. The second-order valence-corrected chi connectivity index (χ2v) is 8.09. The van der Waals surface area contributed by atoms with Gasteiger partial charge in [0, 0.05) is 27.1 Å². The van der Waals surface area contributed by atoms with Crippen LogP contribution in [0.2, 0.25) is 10.0 Å². The summed E-state index contributed by atoms with van der Waals surface area (Å²) in [5, 5.41) is 10.4. The van der Waals surface area contributed by atoms with E-state index in [1.54, 1.807) is 30.3 Å². The first kappa shape index (κ1) is 19.7. The van der Waals surface area contributed by atoms with Gasteiger partial charge >= 0.3 is 0 Å². The van der Waals surface area contributed by atoms with Crippen LogP contribution >= 0.6 is 23.2 Å². The van der Waals surface area contributed by atoms with Crippen molar-refractivity contribution in [1.82, 2.24) is 0 Å². The van der Waals surface area contributed by atoms with Gasteiger partial charge in [0.15, 0.2) is 0 Å². The second-order valence-electron chi connectivity index (χ2n) is 5.60. The molecule has 25 heavy (non-hydrogen) atoms. The minimum absolute atomic E-state index is 0.00240. The molecule has 1 unspecified atom stereocenters. The Hall–Kier alpha value is -1.58. The van der Waals surface area contributed by atoms with E-state index in [9.17, 15) is 13.7 Å². The smallest absolute Gasteiger partial charge is 0.264 e. The highest BCUT2D eigenvalue weighted by atomic mass is 35.5. The minimum Gasteiger partial charge on any atom is -0.270 e. The van der Waals surface area contributed by atoms with Gasteiger partial charge in [0.05, 0.1) is 24.5 Å². The van der Waals surface area contributed by atoms with E-state index in [0.717, 1.165) is 11.8 Å². The summed E-state index contributed by atoms with van der Waals surface area (Å²) in [6, 6.07) is 12.6. The van der Waals surface area contributed by atoms with Crippen molar-refractivity contribution in [3.05, 3.63) is 57.6 Å². The third-order valence-electron chi connectivity index (χ3n) is 3.83. The molecule has 0 radical (unpaired) electrons. The Morgan fingerprint density at radius 2 is 1.96 bits per heavy atom. The molecule has 1 atom stereocenters. The fourth-order valence-electron chi connectivity index (χ4n) is 2.63. The summed E-state index contributed by atoms with van der Waals surface area (Å²) in [5.74, 6) is -0.204. The molecule has 0 aromatic heterocycles. The van der Waals surface area contributed by atoms with Gasteiger partial charge in [0.1, 0.15) is 0 Å². The fraction of sp³-hybridized carbons (Fsp3) is 0.278. The van der Waals surface area contributed by atoms with Crippen LogP contribution in [-0.4, -0.2) is 21.3 Å². The third-order valence-corrected chi connectivity index (χ3v) is 4.95. The topological polar surface area (TPSA) is 67.2 Å². The number of rotatable bonds is 6. The molecule has 7 heteroatoms. The van der Waals surface area contributed by atoms with Gasteiger partial charge in [-0.05, 0) is 30.2 Å². The molecule has 0 amide bonds. The molecule has 2 aromatic carbocycles. The summed E-state index contributed by atoms with van der Waals surface area (Å²) in [6.45, 7) is 1.94. The molecular weight excluding hydrogens is 381 g/mol. The molecule has 0 bridgehead atoms. The maximum atomic E-state index is 11.3. The molecule has 0 aliphatic rings. The van der Waals surface area contributed by atoms with Gasteiger partial charge in [0.2, 0.25) is 0 Å². The van der Waals surface area contributed by atoms with Crippen molar-refractivity contribution in [3.63, 3.8) is 0 Å². The highest BCUT2D eigenvalue weighted by Crippen LogP contribution is 2.38. The van der Waals surface area contributed by atoms with E-state index in [-0.39, 0.29) is 12.5 Å². The van der Waals surface area contributed by atoms with Crippen LogP contribution < -0.4 is 0 Å². The lowest BCUT2D eigenvalue weighted by atomic mass is 9.86. The molecule has 0 spiro atoms. The summed E-state index contributed by atoms with van der Waals surface area (Å²) in [5.41, 5.74) is 2.63. The predicted molar refractivity (Wildman–Crippen MR) is 100 cm³/mol. The van der Waals surface area contributed by atoms with E-state index >= 15 is 0 Å². The second kappa shape index (κ2) is 8.20. The van der Waals surface area contributed by atoms with Crippen LogP contribution in [0.4, 0.5) is 0 Å². The molecule has 2 rings (SSSR count). The first-order chi connectivity index (χ1) is 11.8. The van der Waals surface area contributed by atoms with Gasteiger partial charge in [-0.15, -0.1) is 0 Å². The zero-order chi connectivity index (χ0) is 18.6. The average molecular weight is 398 g/mol. The Labute approximate surface area is 158 Å². The maximum Gasteiger partial charge on any atom is 0.264 e. The van der Waals surface area contributed by atoms with Crippen molar-refractivity contribution in [2.75, 3.05) is 12.9 Å². The molecule has 0 fully saturated rings. The summed E-state index contributed by atoms with van der Waals surface area (Å²) >= 11 is 12.3.